The molecule has 0 radical (unpaired) electrons. The van der Waals surface area contributed by atoms with Crippen molar-refractivity contribution in [3.8, 4) is 0 Å². The molecule has 4 heteroatoms. The van der Waals surface area contributed by atoms with Gasteiger partial charge in [0.1, 0.15) is 0 Å². The maximum atomic E-state index is 9.31. The standard InChI is InChI=1S/C20H26N2OS/c1-15-12-19(22-8-10-24-11-9-22)6-7-20(15)21-16(2)18-5-3-4-17(13-18)14-23/h3-7,12-13,16,21,23H,8-11,14H2,1-2H3. The number of benzene rings is 2. The molecule has 1 heterocycles. The molecule has 3 nitrogen and oxygen atoms in total. The van der Waals surface area contributed by atoms with Crippen molar-refractivity contribution in [1.82, 2.24) is 0 Å². The monoisotopic (exact) mass is 342 g/mol. The fraction of sp³-hybridized carbons (Fsp3) is 0.400. The molecule has 1 unspecified atom stereocenters. The number of nitrogens with zero attached hydrogens (tertiary/aromatic N) is 1. The molecule has 2 aromatic rings. The summed E-state index contributed by atoms with van der Waals surface area (Å²) in [4.78, 5) is 2.47. The topological polar surface area (TPSA) is 35.5 Å². The summed E-state index contributed by atoms with van der Waals surface area (Å²) in [5.74, 6) is 2.44. The summed E-state index contributed by atoms with van der Waals surface area (Å²) >= 11 is 2.04. The highest BCUT2D eigenvalue weighted by Gasteiger charge is 2.13. The van der Waals surface area contributed by atoms with Gasteiger partial charge in [-0.2, -0.15) is 11.8 Å². The minimum absolute atomic E-state index is 0.0857. The number of thioether (sulfide) groups is 1. The number of aryl methyl sites for hydroxylation is 1. The van der Waals surface area contributed by atoms with Gasteiger partial charge in [0.25, 0.3) is 0 Å². The average molecular weight is 343 g/mol. The van der Waals surface area contributed by atoms with Gasteiger partial charge in [-0.05, 0) is 48.7 Å². The highest BCUT2D eigenvalue weighted by Crippen LogP contribution is 2.28. The van der Waals surface area contributed by atoms with E-state index in [0.717, 1.165) is 18.7 Å². The maximum absolute atomic E-state index is 9.31. The van der Waals surface area contributed by atoms with Gasteiger partial charge in [-0.25, -0.2) is 0 Å². The van der Waals surface area contributed by atoms with Crippen molar-refractivity contribution in [2.24, 2.45) is 0 Å². The Balaban J connectivity index is 1.72. The molecule has 0 aromatic heterocycles. The Bertz CT molecular complexity index is 683. The van der Waals surface area contributed by atoms with E-state index < -0.39 is 0 Å². The van der Waals surface area contributed by atoms with E-state index in [9.17, 15) is 5.11 Å². The zero-order valence-electron chi connectivity index (χ0n) is 14.5. The molecule has 0 saturated carbocycles. The molecule has 3 rings (SSSR count). The number of aliphatic hydroxyl groups is 1. The second kappa shape index (κ2) is 7.95. The summed E-state index contributed by atoms with van der Waals surface area (Å²) in [6, 6.07) is 15.0. The second-order valence-corrected chi connectivity index (χ2v) is 7.59. The third kappa shape index (κ3) is 4.05. The largest absolute Gasteiger partial charge is 0.392 e. The van der Waals surface area contributed by atoms with Gasteiger partial charge in [0.15, 0.2) is 0 Å². The zero-order valence-corrected chi connectivity index (χ0v) is 15.3. The SMILES string of the molecule is Cc1cc(N2CCSCC2)ccc1NC(C)c1cccc(CO)c1. The molecule has 2 N–H and O–H groups in total. The van der Waals surface area contributed by atoms with E-state index in [1.165, 1.54) is 34.0 Å². The van der Waals surface area contributed by atoms with Crippen LogP contribution in [0.25, 0.3) is 0 Å². The van der Waals surface area contributed by atoms with Crippen molar-refractivity contribution in [1.29, 1.82) is 0 Å². The van der Waals surface area contributed by atoms with Crippen molar-refractivity contribution in [2.45, 2.75) is 26.5 Å². The van der Waals surface area contributed by atoms with Gasteiger partial charge in [0.05, 0.1) is 6.61 Å². The van der Waals surface area contributed by atoms with Crippen LogP contribution in [0.3, 0.4) is 0 Å². The van der Waals surface area contributed by atoms with Gasteiger partial charge in [-0.1, -0.05) is 24.3 Å². The predicted molar refractivity (Wildman–Crippen MR) is 105 cm³/mol. The van der Waals surface area contributed by atoms with Crippen molar-refractivity contribution >= 4 is 23.1 Å². The van der Waals surface area contributed by atoms with Gasteiger partial charge in [0.2, 0.25) is 0 Å². The lowest BCUT2D eigenvalue weighted by Crippen LogP contribution is -2.32. The molecular weight excluding hydrogens is 316 g/mol. The molecule has 0 spiro atoms. The number of anilines is 2. The fourth-order valence-electron chi connectivity index (χ4n) is 3.11. The minimum Gasteiger partial charge on any atom is -0.392 e. The van der Waals surface area contributed by atoms with Gasteiger partial charge < -0.3 is 15.3 Å². The van der Waals surface area contributed by atoms with Crippen molar-refractivity contribution < 1.29 is 5.11 Å². The van der Waals surface area contributed by atoms with Crippen LogP contribution in [0, 0.1) is 6.92 Å². The van der Waals surface area contributed by atoms with E-state index in [0.29, 0.717) is 0 Å². The van der Waals surface area contributed by atoms with Crippen molar-refractivity contribution in [2.75, 3.05) is 34.8 Å². The fourth-order valence-corrected chi connectivity index (χ4v) is 4.01. The molecule has 1 atom stereocenters. The predicted octanol–water partition coefficient (Wildman–Crippen LogP) is 4.21. The molecule has 1 fully saturated rings. The Morgan fingerprint density at radius 1 is 1.17 bits per heavy atom. The smallest absolute Gasteiger partial charge is 0.0681 e. The lowest BCUT2D eigenvalue weighted by Gasteiger charge is -2.29. The molecule has 1 saturated heterocycles. The summed E-state index contributed by atoms with van der Waals surface area (Å²) in [6.07, 6.45) is 0. The van der Waals surface area contributed by atoms with Crippen LogP contribution in [0.4, 0.5) is 11.4 Å². The van der Waals surface area contributed by atoms with Crippen LogP contribution < -0.4 is 10.2 Å². The van der Waals surface area contributed by atoms with Gasteiger partial charge in [-0.3, -0.25) is 0 Å². The molecule has 1 aliphatic heterocycles. The first-order chi connectivity index (χ1) is 11.7. The van der Waals surface area contributed by atoms with Crippen LogP contribution in [-0.4, -0.2) is 29.7 Å². The summed E-state index contributed by atoms with van der Waals surface area (Å²) in [7, 11) is 0. The Labute approximate surface area is 149 Å². The Morgan fingerprint density at radius 2 is 1.96 bits per heavy atom. The lowest BCUT2D eigenvalue weighted by atomic mass is 10.0. The van der Waals surface area contributed by atoms with Crippen molar-refractivity contribution in [3.05, 3.63) is 59.2 Å². The molecule has 1 aliphatic rings. The second-order valence-electron chi connectivity index (χ2n) is 6.37. The number of hydrogen-bond donors (Lipinski definition) is 2. The normalized spacial score (nSPS) is 16.0. The molecule has 2 aromatic carbocycles. The first-order valence-electron chi connectivity index (χ1n) is 8.57. The van der Waals surface area contributed by atoms with Crippen LogP contribution in [0.1, 0.15) is 29.7 Å². The van der Waals surface area contributed by atoms with E-state index in [-0.39, 0.29) is 12.6 Å². The molecule has 0 amide bonds. The Hall–Kier alpha value is -1.65. The van der Waals surface area contributed by atoms with Crippen molar-refractivity contribution in [3.63, 3.8) is 0 Å². The highest BCUT2D eigenvalue weighted by molar-refractivity contribution is 7.99. The van der Waals surface area contributed by atoms with Gasteiger partial charge in [0, 0.05) is 42.0 Å². The maximum Gasteiger partial charge on any atom is 0.0681 e. The molecule has 128 valence electrons. The van der Waals surface area contributed by atoms with Crippen LogP contribution in [0.15, 0.2) is 42.5 Å². The molecular formula is C20H26N2OS. The minimum atomic E-state index is 0.0857. The van der Waals surface area contributed by atoms with E-state index in [4.69, 9.17) is 0 Å². The van der Waals surface area contributed by atoms with Crippen LogP contribution >= 0.6 is 11.8 Å². The summed E-state index contributed by atoms with van der Waals surface area (Å²) < 4.78 is 0. The van der Waals surface area contributed by atoms with Crippen LogP contribution in [0.5, 0.6) is 0 Å². The third-order valence-electron chi connectivity index (χ3n) is 4.59. The molecule has 0 bridgehead atoms. The van der Waals surface area contributed by atoms with E-state index in [1.54, 1.807) is 0 Å². The van der Waals surface area contributed by atoms with E-state index in [2.05, 4.69) is 54.4 Å². The summed E-state index contributed by atoms with van der Waals surface area (Å²) in [6.45, 7) is 6.69. The molecule has 24 heavy (non-hydrogen) atoms. The van der Waals surface area contributed by atoms with Gasteiger partial charge in [-0.15, -0.1) is 0 Å². The average Bonchev–Trinajstić information content (AvgIpc) is 2.64. The number of hydrogen-bond acceptors (Lipinski definition) is 4. The van der Waals surface area contributed by atoms with Gasteiger partial charge >= 0.3 is 0 Å². The zero-order chi connectivity index (χ0) is 16.9. The first kappa shape index (κ1) is 17.2. The molecule has 0 aliphatic carbocycles. The highest BCUT2D eigenvalue weighted by atomic mass is 32.2. The number of rotatable bonds is 5. The number of aliphatic hydroxyl groups excluding tert-OH is 1. The Kier molecular flexibility index (Phi) is 5.69. The van der Waals surface area contributed by atoms with E-state index >= 15 is 0 Å². The quantitative estimate of drug-likeness (QED) is 0.853. The first-order valence-corrected chi connectivity index (χ1v) is 9.72. The summed E-state index contributed by atoms with van der Waals surface area (Å²) in [5.41, 5.74) is 5.92. The van der Waals surface area contributed by atoms with E-state index in [1.807, 2.05) is 23.9 Å². The number of nitrogens with one attached hydrogen (secondary N) is 1. The van der Waals surface area contributed by atoms with Crippen LogP contribution in [0.2, 0.25) is 0 Å². The lowest BCUT2D eigenvalue weighted by molar-refractivity contribution is 0.281. The van der Waals surface area contributed by atoms with Crippen LogP contribution in [-0.2, 0) is 6.61 Å². The third-order valence-corrected chi connectivity index (χ3v) is 5.53. The Morgan fingerprint density at radius 3 is 2.67 bits per heavy atom. The summed E-state index contributed by atoms with van der Waals surface area (Å²) in [5, 5.41) is 12.9.